The highest BCUT2D eigenvalue weighted by Crippen LogP contribution is 2.14. The monoisotopic (exact) mass is 358 g/mol. The van der Waals surface area contributed by atoms with E-state index in [1.54, 1.807) is 16.7 Å². The van der Waals surface area contributed by atoms with Gasteiger partial charge in [-0.25, -0.2) is 4.98 Å². The molecule has 140 valence electrons. The van der Waals surface area contributed by atoms with Crippen molar-refractivity contribution in [3.05, 3.63) is 35.9 Å². The van der Waals surface area contributed by atoms with E-state index in [-0.39, 0.29) is 29.4 Å². The van der Waals surface area contributed by atoms with Crippen LogP contribution in [0.2, 0.25) is 0 Å². The van der Waals surface area contributed by atoms with Crippen molar-refractivity contribution in [1.82, 2.24) is 20.0 Å². The van der Waals surface area contributed by atoms with Crippen LogP contribution in [-0.4, -0.2) is 47.0 Å². The zero-order chi connectivity index (χ0) is 18.4. The molecule has 1 aliphatic rings. The first kappa shape index (κ1) is 18.4. The molecule has 0 aromatic carbocycles. The Morgan fingerprint density at radius 3 is 2.92 bits per heavy atom. The molecule has 0 aliphatic carbocycles. The largest absolute Gasteiger partial charge is 0.376 e. The number of imidazole rings is 1. The van der Waals surface area contributed by atoms with Crippen molar-refractivity contribution in [3.63, 3.8) is 0 Å². The van der Waals surface area contributed by atoms with Gasteiger partial charge in [-0.15, -0.1) is 0 Å². The van der Waals surface area contributed by atoms with E-state index in [4.69, 9.17) is 4.74 Å². The standard InChI is InChI=1S/C19H26N4O3/c1-2-3-5-10-20-18(24)16-15-9-4-6-11-23(15)17(22-16)19(25)21-13-14-8-7-12-26-14/h4,6,9,11,14H,2-3,5,7-8,10,12-13H2,1H3,(H,20,24)(H,21,25). The molecule has 1 unspecified atom stereocenters. The van der Waals surface area contributed by atoms with Gasteiger partial charge < -0.3 is 15.4 Å². The summed E-state index contributed by atoms with van der Waals surface area (Å²) in [5.41, 5.74) is 0.909. The number of carbonyl (C=O) groups is 2. The van der Waals surface area contributed by atoms with Crippen LogP contribution in [0.3, 0.4) is 0 Å². The van der Waals surface area contributed by atoms with E-state index in [2.05, 4.69) is 22.5 Å². The molecule has 1 saturated heterocycles. The average molecular weight is 358 g/mol. The fraction of sp³-hybridized carbons (Fsp3) is 0.526. The predicted octanol–water partition coefficient (Wildman–Crippen LogP) is 2.16. The van der Waals surface area contributed by atoms with E-state index < -0.39 is 0 Å². The first-order valence-electron chi connectivity index (χ1n) is 9.35. The van der Waals surface area contributed by atoms with Crippen molar-refractivity contribution in [2.75, 3.05) is 19.7 Å². The Hall–Kier alpha value is -2.41. The molecule has 0 saturated carbocycles. The summed E-state index contributed by atoms with van der Waals surface area (Å²) in [6, 6.07) is 5.44. The first-order chi connectivity index (χ1) is 12.7. The molecule has 2 N–H and O–H groups in total. The average Bonchev–Trinajstić information content (AvgIpc) is 3.31. The van der Waals surface area contributed by atoms with Crippen LogP contribution in [0, 0.1) is 0 Å². The Morgan fingerprint density at radius 2 is 2.15 bits per heavy atom. The van der Waals surface area contributed by atoms with Gasteiger partial charge >= 0.3 is 0 Å². The Labute approximate surface area is 153 Å². The van der Waals surface area contributed by atoms with Gasteiger partial charge in [0.25, 0.3) is 11.8 Å². The fourth-order valence-electron chi connectivity index (χ4n) is 3.12. The number of fused-ring (bicyclic) bond motifs is 1. The van der Waals surface area contributed by atoms with Crippen molar-refractivity contribution < 1.29 is 14.3 Å². The van der Waals surface area contributed by atoms with Crippen molar-refractivity contribution in [1.29, 1.82) is 0 Å². The molecule has 3 heterocycles. The lowest BCUT2D eigenvalue weighted by Crippen LogP contribution is -2.33. The van der Waals surface area contributed by atoms with Crippen LogP contribution in [0.25, 0.3) is 5.52 Å². The summed E-state index contributed by atoms with van der Waals surface area (Å²) < 4.78 is 7.19. The highest BCUT2D eigenvalue weighted by molar-refractivity contribution is 6.02. The zero-order valence-corrected chi connectivity index (χ0v) is 15.2. The minimum Gasteiger partial charge on any atom is -0.376 e. The second-order valence-electron chi connectivity index (χ2n) is 6.55. The lowest BCUT2D eigenvalue weighted by atomic mass is 10.2. The molecule has 0 bridgehead atoms. The van der Waals surface area contributed by atoms with Gasteiger partial charge in [0.05, 0.1) is 11.6 Å². The predicted molar refractivity (Wildman–Crippen MR) is 98.4 cm³/mol. The number of pyridine rings is 1. The van der Waals surface area contributed by atoms with Crippen molar-refractivity contribution in [2.45, 2.75) is 45.1 Å². The number of aromatic nitrogens is 2. The Balaban J connectivity index is 1.73. The lowest BCUT2D eigenvalue weighted by molar-refractivity contribution is 0.0848. The van der Waals surface area contributed by atoms with Crippen LogP contribution < -0.4 is 10.6 Å². The van der Waals surface area contributed by atoms with Gasteiger partial charge in [-0.3, -0.25) is 14.0 Å². The number of hydrogen-bond donors (Lipinski definition) is 2. The third-order valence-electron chi connectivity index (χ3n) is 4.55. The highest BCUT2D eigenvalue weighted by atomic mass is 16.5. The van der Waals surface area contributed by atoms with Gasteiger partial charge in [0.1, 0.15) is 0 Å². The zero-order valence-electron chi connectivity index (χ0n) is 15.2. The number of ether oxygens (including phenoxy) is 1. The van der Waals surface area contributed by atoms with Crippen LogP contribution >= 0.6 is 0 Å². The molecule has 7 nitrogen and oxygen atoms in total. The molecule has 0 spiro atoms. The minimum absolute atomic E-state index is 0.0616. The number of amides is 2. The first-order valence-corrected chi connectivity index (χ1v) is 9.35. The topological polar surface area (TPSA) is 84.7 Å². The van der Waals surface area contributed by atoms with Crippen molar-refractivity contribution in [2.24, 2.45) is 0 Å². The molecule has 2 amide bonds. The molecule has 7 heteroatoms. The normalized spacial score (nSPS) is 16.7. The lowest BCUT2D eigenvalue weighted by Gasteiger charge is -2.10. The smallest absolute Gasteiger partial charge is 0.287 e. The summed E-state index contributed by atoms with van der Waals surface area (Å²) in [5.74, 6) is -0.327. The number of rotatable bonds is 8. The van der Waals surface area contributed by atoms with Crippen LogP contribution in [0.5, 0.6) is 0 Å². The maximum absolute atomic E-state index is 12.6. The van der Waals surface area contributed by atoms with Gasteiger partial charge in [-0.05, 0) is 31.4 Å². The van der Waals surface area contributed by atoms with E-state index in [0.717, 1.165) is 38.7 Å². The second-order valence-corrected chi connectivity index (χ2v) is 6.55. The second kappa shape index (κ2) is 8.80. The Morgan fingerprint density at radius 1 is 1.27 bits per heavy atom. The molecular weight excluding hydrogens is 332 g/mol. The third kappa shape index (κ3) is 4.22. The van der Waals surface area contributed by atoms with Gasteiger partial charge in [0.2, 0.25) is 5.82 Å². The number of carbonyl (C=O) groups excluding carboxylic acids is 2. The van der Waals surface area contributed by atoms with Gasteiger partial charge in [-0.2, -0.15) is 0 Å². The molecule has 1 atom stereocenters. The quantitative estimate of drug-likeness (QED) is 0.708. The summed E-state index contributed by atoms with van der Waals surface area (Å²) >= 11 is 0. The van der Waals surface area contributed by atoms with E-state index in [1.165, 1.54) is 0 Å². The SMILES string of the molecule is CCCCCNC(=O)c1nc(C(=O)NCC2CCCO2)n2ccccc12. The summed E-state index contributed by atoms with van der Waals surface area (Å²) in [7, 11) is 0. The van der Waals surface area contributed by atoms with Gasteiger partial charge in [0.15, 0.2) is 5.69 Å². The van der Waals surface area contributed by atoms with Crippen LogP contribution in [-0.2, 0) is 4.74 Å². The summed E-state index contributed by atoms with van der Waals surface area (Å²) in [4.78, 5) is 29.4. The Bertz CT molecular complexity index is 765. The number of unbranched alkanes of at least 4 members (excludes halogenated alkanes) is 2. The van der Waals surface area contributed by atoms with Crippen LogP contribution in [0.1, 0.15) is 60.1 Å². The van der Waals surface area contributed by atoms with Crippen LogP contribution in [0.15, 0.2) is 24.4 Å². The molecule has 2 aromatic heterocycles. The van der Waals surface area contributed by atoms with E-state index >= 15 is 0 Å². The van der Waals surface area contributed by atoms with Crippen LogP contribution in [0.4, 0.5) is 0 Å². The highest BCUT2D eigenvalue weighted by Gasteiger charge is 2.22. The Kier molecular flexibility index (Phi) is 6.22. The molecule has 3 rings (SSSR count). The fourth-order valence-corrected chi connectivity index (χ4v) is 3.12. The summed E-state index contributed by atoms with van der Waals surface area (Å²) in [6.45, 7) is 3.93. The summed E-state index contributed by atoms with van der Waals surface area (Å²) in [5, 5.41) is 5.75. The van der Waals surface area contributed by atoms with E-state index in [9.17, 15) is 9.59 Å². The molecule has 26 heavy (non-hydrogen) atoms. The van der Waals surface area contributed by atoms with Crippen molar-refractivity contribution >= 4 is 17.3 Å². The number of nitrogens with zero attached hydrogens (tertiary/aromatic N) is 2. The maximum Gasteiger partial charge on any atom is 0.287 e. The van der Waals surface area contributed by atoms with E-state index in [0.29, 0.717) is 18.6 Å². The molecule has 0 radical (unpaired) electrons. The molecule has 1 fully saturated rings. The number of nitrogens with one attached hydrogen (secondary N) is 2. The number of hydrogen-bond acceptors (Lipinski definition) is 4. The summed E-state index contributed by atoms with van der Waals surface area (Å²) in [6.07, 6.45) is 6.88. The van der Waals surface area contributed by atoms with Crippen molar-refractivity contribution in [3.8, 4) is 0 Å². The molecule has 1 aliphatic heterocycles. The molecular formula is C19H26N4O3. The molecule has 2 aromatic rings. The van der Waals surface area contributed by atoms with Gasteiger partial charge in [0, 0.05) is 25.9 Å². The van der Waals surface area contributed by atoms with E-state index in [1.807, 2.05) is 12.1 Å². The van der Waals surface area contributed by atoms with Gasteiger partial charge in [-0.1, -0.05) is 25.8 Å². The third-order valence-corrected chi connectivity index (χ3v) is 4.55. The maximum atomic E-state index is 12.6. The minimum atomic E-state index is -0.299.